The Morgan fingerprint density at radius 2 is 1.56 bits per heavy atom. The summed E-state index contributed by atoms with van der Waals surface area (Å²) < 4.78 is 10.7. The lowest BCUT2D eigenvalue weighted by Gasteiger charge is -2.15. The van der Waals surface area contributed by atoms with Crippen molar-refractivity contribution in [1.82, 2.24) is 0 Å². The third kappa shape index (κ3) is 3.58. The van der Waals surface area contributed by atoms with Crippen molar-refractivity contribution in [3.05, 3.63) is 58.7 Å². The Bertz CT molecular complexity index is 808. The zero-order chi connectivity index (χ0) is 17.8. The highest BCUT2D eigenvalue weighted by Crippen LogP contribution is 2.39. The number of hydrogen-bond donors (Lipinski definition) is 0. The van der Waals surface area contributed by atoms with Crippen molar-refractivity contribution in [2.24, 2.45) is 0 Å². The lowest BCUT2D eigenvalue weighted by atomic mass is 9.97. The summed E-state index contributed by atoms with van der Waals surface area (Å²) in [6, 6.07) is 12.3. The normalized spacial score (nSPS) is 11.6. The van der Waals surface area contributed by atoms with Crippen molar-refractivity contribution in [3.8, 4) is 11.1 Å². The van der Waals surface area contributed by atoms with Gasteiger partial charge in [-0.1, -0.05) is 50.2 Å². The lowest BCUT2D eigenvalue weighted by molar-refractivity contribution is -0.146. The molecular weight excluding hydrogens is 316 g/mol. The molecule has 0 amide bonds. The third-order valence-corrected chi connectivity index (χ3v) is 4.55. The summed E-state index contributed by atoms with van der Waals surface area (Å²) in [5.41, 5.74) is 6.68. The van der Waals surface area contributed by atoms with Crippen molar-refractivity contribution in [2.75, 3.05) is 0 Å². The van der Waals surface area contributed by atoms with Gasteiger partial charge in [0.15, 0.2) is 0 Å². The van der Waals surface area contributed by atoms with Crippen LogP contribution in [0.3, 0.4) is 0 Å². The molecule has 1 aliphatic rings. The monoisotopic (exact) mass is 338 g/mol. The average Bonchev–Trinajstić information content (AvgIpc) is 3.02. The summed E-state index contributed by atoms with van der Waals surface area (Å²) in [4.78, 5) is 23.1. The highest BCUT2D eigenvalue weighted by molar-refractivity contribution is 5.79. The first-order chi connectivity index (χ1) is 12.1. The molecule has 4 heteroatoms. The highest BCUT2D eigenvalue weighted by atomic mass is 16.5. The van der Waals surface area contributed by atoms with Crippen LogP contribution in [0, 0.1) is 0 Å². The van der Waals surface area contributed by atoms with Crippen LogP contribution < -0.4 is 0 Å². The molecule has 0 bridgehead atoms. The summed E-state index contributed by atoms with van der Waals surface area (Å²) in [6.07, 6.45) is 1.49. The van der Waals surface area contributed by atoms with Gasteiger partial charge >= 0.3 is 11.9 Å². The van der Waals surface area contributed by atoms with Crippen LogP contribution in [0.25, 0.3) is 11.1 Å². The zero-order valence-corrected chi connectivity index (χ0v) is 14.6. The number of carbonyl (C=O) groups excluding carboxylic acids is 2. The number of benzene rings is 2. The predicted octanol–water partition coefficient (Wildman–Crippen LogP) is 4.16. The van der Waals surface area contributed by atoms with Gasteiger partial charge in [-0.2, -0.15) is 0 Å². The van der Waals surface area contributed by atoms with E-state index in [9.17, 15) is 9.59 Å². The lowest BCUT2D eigenvalue weighted by Crippen LogP contribution is -2.10. The Morgan fingerprint density at radius 1 is 0.880 bits per heavy atom. The highest BCUT2D eigenvalue weighted by Gasteiger charge is 2.23. The molecule has 0 unspecified atom stereocenters. The molecule has 4 nitrogen and oxygen atoms in total. The second kappa shape index (κ2) is 7.51. The Hall–Kier alpha value is -2.62. The van der Waals surface area contributed by atoms with E-state index in [4.69, 9.17) is 9.47 Å². The van der Waals surface area contributed by atoms with E-state index >= 15 is 0 Å². The molecule has 1 aliphatic carbocycles. The van der Waals surface area contributed by atoms with Crippen LogP contribution in [0.1, 0.15) is 48.9 Å². The third-order valence-electron chi connectivity index (χ3n) is 4.55. The van der Waals surface area contributed by atoms with Crippen LogP contribution in [0.5, 0.6) is 0 Å². The molecule has 0 fully saturated rings. The van der Waals surface area contributed by atoms with Gasteiger partial charge in [-0.25, -0.2) is 0 Å². The molecule has 0 saturated heterocycles. The molecule has 0 spiro atoms. The van der Waals surface area contributed by atoms with Crippen molar-refractivity contribution in [3.63, 3.8) is 0 Å². The maximum Gasteiger partial charge on any atom is 0.305 e. The number of fused-ring (bicyclic) bond motifs is 3. The van der Waals surface area contributed by atoms with E-state index in [2.05, 4.69) is 18.2 Å². The van der Waals surface area contributed by atoms with E-state index in [0.29, 0.717) is 12.8 Å². The first-order valence-corrected chi connectivity index (χ1v) is 8.67. The summed E-state index contributed by atoms with van der Waals surface area (Å²) in [6.45, 7) is 3.96. The molecule has 0 saturated carbocycles. The van der Waals surface area contributed by atoms with Crippen molar-refractivity contribution < 1.29 is 19.1 Å². The van der Waals surface area contributed by atoms with Crippen LogP contribution in [-0.2, 0) is 38.7 Å². The first kappa shape index (κ1) is 17.2. The van der Waals surface area contributed by atoms with Crippen molar-refractivity contribution in [1.29, 1.82) is 0 Å². The van der Waals surface area contributed by atoms with E-state index in [1.54, 1.807) is 13.8 Å². The summed E-state index contributed by atoms with van der Waals surface area (Å²) >= 11 is 0. The maximum atomic E-state index is 11.6. The Morgan fingerprint density at radius 3 is 2.28 bits per heavy atom. The molecule has 0 aromatic heterocycles. The minimum absolute atomic E-state index is 0.204. The smallest absolute Gasteiger partial charge is 0.305 e. The maximum absolute atomic E-state index is 11.6. The van der Waals surface area contributed by atoms with Crippen LogP contribution >= 0.6 is 0 Å². The van der Waals surface area contributed by atoms with Crippen molar-refractivity contribution >= 4 is 11.9 Å². The average molecular weight is 338 g/mol. The van der Waals surface area contributed by atoms with Gasteiger partial charge in [-0.3, -0.25) is 9.59 Å². The standard InChI is InChI=1S/C21H22O4/c1-3-20(22)24-12-15-9-10-17-16-8-6-5-7-14(16)11-18(17)19(15)13-25-21(23)4-2/h5-10H,3-4,11-13H2,1-2H3. The molecule has 2 aromatic carbocycles. The van der Waals surface area contributed by atoms with E-state index in [0.717, 1.165) is 23.1 Å². The van der Waals surface area contributed by atoms with Crippen molar-refractivity contribution in [2.45, 2.75) is 46.3 Å². The molecular formula is C21H22O4. The quantitative estimate of drug-likeness (QED) is 0.633. The van der Waals surface area contributed by atoms with Crippen LogP contribution in [0.15, 0.2) is 36.4 Å². The van der Waals surface area contributed by atoms with E-state index in [1.807, 2.05) is 18.2 Å². The van der Waals surface area contributed by atoms with Gasteiger partial charge in [-0.05, 0) is 34.2 Å². The molecule has 0 aliphatic heterocycles. The number of carbonyl (C=O) groups is 2. The number of esters is 2. The number of rotatable bonds is 6. The number of ether oxygens (including phenoxy) is 2. The number of hydrogen-bond acceptors (Lipinski definition) is 4. The second-order valence-corrected chi connectivity index (χ2v) is 6.09. The van der Waals surface area contributed by atoms with E-state index < -0.39 is 0 Å². The molecule has 0 atom stereocenters. The molecule has 0 heterocycles. The van der Waals surface area contributed by atoms with E-state index in [-0.39, 0.29) is 25.2 Å². The van der Waals surface area contributed by atoms with Crippen LogP contribution in [0.4, 0.5) is 0 Å². The molecule has 130 valence electrons. The molecule has 25 heavy (non-hydrogen) atoms. The fraction of sp³-hybridized carbons (Fsp3) is 0.333. The molecule has 2 aromatic rings. The Labute approximate surface area is 147 Å². The Balaban J connectivity index is 1.95. The Kier molecular flexibility index (Phi) is 5.17. The van der Waals surface area contributed by atoms with E-state index in [1.165, 1.54) is 16.7 Å². The summed E-state index contributed by atoms with van der Waals surface area (Å²) in [5.74, 6) is -0.468. The predicted molar refractivity (Wildman–Crippen MR) is 94.9 cm³/mol. The largest absolute Gasteiger partial charge is 0.461 e. The van der Waals surface area contributed by atoms with Crippen LogP contribution in [0.2, 0.25) is 0 Å². The SMILES string of the molecule is CCC(=O)OCc1ccc2c(c1COC(=O)CC)Cc1ccccc1-2. The topological polar surface area (TPSA) is 52.6 Å². The van der Waals surface area contributed by atoms with Gasteiger partial charge < -0.3 is 9.47 Å². The fourth-order valence-electron chi connectivity index (χ4n) is 3.15. The van der Waals surface area contributed by atoms with Gasteiger partial charge in [0.05, 0.1) is 0 Å². The van der Waals surface area contributed by atoms with Crippen LogP contribution in [-0.4, -0.2) is 11.9 Å². The van der Waals surface area contributed by atoms with Gasteiger partial charge in [0.25, 0.3) is 0 Å². The summed E-state index contributed by atoms with van der Waals surface area (Å²) in [5, 5.41) is 0. The van der Waals surface area contributed by atoms with Gasteiger partial charge in [0, 0.05) is 18.4 Å². The second-order valence-electron chi connectivity index (χ2n) is 6.09. The molecule has 3 rings (SSSR count). The minimum Gasteiger partial charge on any atom is -0.461 e. The van der Waals surface area contributed by atoms with Gasteiger partial charge in [0.2, 0.25) is 0 Å². The first-order valence-electron chi connectivity index (χ1n) is 8.67. The zero-order valence-electron chi connectivity index (χ0n) is 14.6. The minimum atomic E-state index is -0.236. The van der Waals surface area contributed by atoms with Gasteiger partial charge in [-0.15, -0.1) is 0 Å². The fourth-order valence-corrected chi connectivity index (χ4v) is 3.15. The molecule has 0 N–H and O–H groups in total. The molecule has 0 radical (unpaired) electrons. The van der Waals surface area contributed by atoms with Gasteiger partial charge in [0.1, 0.15) is 13.2 Å². The summed E-state index contributed by atoms with van der Waals surface area (Å²) in [7, 11) is 0.